The molecule has 0 unspecified atom stereocenters. The van der Waals surface area contributed by atoms with Gasteiger partial charge in [0.05, 0.1) is 16.1 Å². The summed E-state index contributed by atoms with van der Waals surface area (Å²) in [5, 5.41) is 4.22. The SMILES string of the molecule is CN(C)c1cccc2c(S(=O)(=O)Nc3ccc(Br)cc3C(=O)Nc3ccc(Br)cc3)cccc12. The second-order valence-corrected chi connectivity index (χ2v) is 11.3. The molecule has 6 nitrogen and oxygen atoms in total. The van der Waals surface area contributed by atoms with Gasteiger partial charge in [-0.2, -0.15) is 0 Å². The molecule has 174 valence electrons. The van der Waals surface area contributed by atoms with E-state index in [9.17, 15) is 13.2 Å². The lowest BCUT2D eigenvalue weighted by Crippen LogP contribution is -2.19. The number of fused-ring (bicyclic) bond motifs is 1. The van der Waals surface area contributed by atoms with E-state index in [0.717, 1.165) is 15.5 Å². The summed E-state index contributed by atoms with van der Waals surface area (Å²) in [5.74, 6) is -0.436. The maximum absolute atomic E-state index is 13.5. The van der Waals surface area contributed by atoms with E-state index in [4.69, 9.17) is 0 Å². The number of carbonyl (C=O) groups is 1. The van der Waals surface area contributed by atoms with Gasteiger partial charge in [0.15, 0.2) is 0 Å². The molecule has 0 bridgehead atoms. The highest BCUT2D eigenvalue weighted by atomic mass is 79.9. The first kappa shape index (κ1) is 24.3. The van der Waals surface area contributed by atoms with Gasteiger partial charge in [-0.15, -0.1) is 0 Å². The van der Waals surface area contributed by atoms with E-state index in [2.05, 4.69) is 41.9 Å². The van der Waals surface area contributed by atoms with Crippen LogP contribution in [0.1, 0.15) is 10.4 Å². The van der Waals surface area contributed by atoms with Crippen LogP contribution in [0.5, 0.6) is 0 Å². The highest BCUT2D eigenvalue weighted by Crippen LogP contribution is 2.32. The molecule has 0 aliphatic carbocycles. The summed E-state index contributed by atoms with van der Waals surface area (Å²) in [6.07, 6.45) is 0. The lowest BCUT2D eigenvalue weighted by atomic mass is 10.1. The minimum atomic E-state index is -4.00. The molecule has 0 saturated carbocycles. The van der Waals surface area contributed by atoms with E-state index >= 15 is 0 Å². The van der Waals surface area contributed by atoms with Crippen LogP contribution in [0.3, 0.4) is 0 Å². The molecule has 4 aromatic rings. The molecular formula is C25H21Br2N3O3S. The Hall–Kier alpha value is -2.88. The topological polar surface area (TPSA) is 78.5 Å². The molecule has 34 heavy (non-hydrogen) atoms. The van der Waals surface area contributed by atoms with E-state index in [1.54, 1.807) is 48.5 Å². The Morgan fingerprint density at radius 1 is 0.824 bits per heavy atom. The zero-order chi connectivity index (χ0) is 24.5. The van der Waals surface area contributed by atoms with Crippen LogP contribution in [0.2, 0.25) is 0 Å². The fourth-order valence-electron chi connectivity index (χ4n) is 3.61. The number of rotatable bonds is 6. The Morgan fingerprint density at radius 2 is 1.47 bits per heavy atom. The fraction of sp³-hybridized carbons (Fsp3) is 0.0800. The second kappa shape index (κ2) is 9.77. The van der Waals surface area contributed by atoms with Crippen molar-refractivity contribution in [3.63, 3.8) is 0 Å². The predicted molar refractivity (Wildman–Crippen MR) is 145 cm³/mol. The van der Waals surface area contributed by atoms with Crippen molar-refractivity contribution in [3.05, 3.63) is 93.4 Å². The van der Waals surface area contributed by atoms with Crippen molar-refractivity contribution >= 4 is 75.6 Å². The van der Waals surface area contributed by atoms with Crippen molar-refractivity contribution in [2.75, 3.05) is 29.0 Å². The number of anilines is 3. The molecule has 0 aliphatic rings. The molecule has 1 amide bonds. The summed E-state index contributed by atoms with van der Waals surface area (Å²) in [6.45, 7) is 0. The smallest absolute Gasteiger partial charge is 0.262 e. The molecule has 0 aromatic heterocycles. The van der Waals surface area contributed by atoms with Crippen LogP contribution < -0.4 is 14.9 Å². The number of hydrogen-bond donors (Lipinski definition) is 2. The first-order chi connectivity index (χ1) is 16.2. The molecule has 4 aromatic carbocycles. The summed E-state index contributed by atoms with van der Waals surface area (Å²) in [5.41, 5.74) is 1.87. The number of nitrogens with one attached hydrogen (secondary N) is 2. The number of benzene rings is 4. The van der Waals surface area contributed by atoms with Gasteiger partial charge in [0.25, 0.3) is 15.9 Å². The van der Waals surface area contributed by atoms with Crippen LogP contribution >= 0.6 is 31.9 Å². The first-order valence-electron chi connectivity index (χ1n) is 10.2. The number of hydrogen-bond acceptors (Lipinski definition) is 4. The van der Waals surface area contributed by atoms with Crippen molar-refractivity contribution in [2.45, 2.75) is 4.90 Å². The predicted octanol–water partition coefficient (Wildman–Crippen LogP) is 6.48. The summed E-state index contributed by atoms with van der Waals surface area (Å²) < 4.78 is 31.1. The van der Waals surface area contributed by atoms with E-state index in [0.29, 0.717) is 15.5 Å². The van der Waals surface area contributed by atoms with Crippen LogP contribution in [0, 0.1) is 0 Å². The van der Waals surface area contributed by atoms with Crippen molar-refractivity contribution < 1.29 is 13.2 Å². The van der Waals surface area contributed by atoms with Gasteiger partial charge in [0.2, 0.25) is 0 Å². The van der Waals surface area contributed by atoms with E-state index in [1.807, 2.05) is 49.3 Å². The molecule has 0 saturated heterocycles. The van der Waals surface area contributed by atoms with E-state index in [1.165, 1.54) is 0 Å². The number of nitrogens with zero attached hydrogens (tertiary/aromatic N) is 1. The molecule has 0 radical (unpaired) electrons. The van der Waals surface area contributed by atoms with Gasteiger partial charge >= 0.3 is 0 Å². The highest BCUT2D eigenvalue weighted by molar-refractivity contribution is 9.10. The number of sulfonamides is 1. The van der Waals surface area contributed by atoms with Gasteiger partial charge in [-0.25, -0.2) is 8.42 Å². The molecule has 9 heteroatoms. The average Bonchev–Trinajstić information content (AvgIpc) is 2.80. The Bertz CT molecular complexity index is 1490. The van der Waals surface area contributed by atoms with Crippen LogP contribution in [-0.4, -0.2) is 28.4 Å². The van der Waals surface area contributed by atoms with Gasteiger partial charge in [-0.05, 0) is 54.6 Å². The Balaban J connectivity index is 1.72. The van der Waals surface area contributed by atoms with E-state index in [-0.39, 0.29) is 16.1 Å². The molecule has 0 heterocycles. The maximum Gasteiger partial charge on any atom is 0.262 e. The Morgan fingerprint density at radius 3 is 2.18 bits per heavy atom. The van der Waals surface area contributed by atoms with E-state index < -0.39 is 15.9 Å². The Kier molecular flexibility index (Phi) is 6.97. The van der Waals surface area contributed by atoms with Crippen LogP contribution in [0.4, 0.5) is 17.1 Å². The summed E-state index contributed by atoms with van der Waals surface area (Å²) in [4.78, 5) is 15.1. The monoisotopic (exact) mass is 601 g/mol. The summed E-state index contributed by atoms with van der Waals surface area (Å²) >= 11 is 6.73. The third kappa shape index (κ3) is 5.11. The van der Waals surface area contributed by atoms with Gasteiger partial charge < -0.3 is 10.2 Å². The first-order valence-corrected chi connectivity index (χ1v) is 13.3. The molecule has 4 rings (SSSR count). The zero-order valence-electron chi connectivity index (χ0n) is 18.3. The van der Waals surface area contributed by atoms with Gasteiger partial charge in [-0.1, -0.05) is 56.1 Å². The van der Waals surface area contributed by atoms with Crippen LogP contribution in [-0.2, 0) is 10.0 Å². The van der Waals surface area contributed by atoms with Crippen LogP contribution in [0.15, 0.2) is 92.7 Å². The third-order valence-electron chi connectivity index (χ3n) is 5.20. The van der Waals surface area contributed by atoms with Crippen molar-refractivity contribution in [2.24, 2.45) is 0 Å². The minimum Gasteiger partial charge on any atom is -0.377 e. The molecule has 2 N–H and O–H groups in total. The van der Waals surface area contributed by atoms with Gasteiger partial charge in [0.1, 0.15) is 0 Å². The lowest BCUT2D eigenvalue weighted by molar-refractivity contribution is 0.102. The molecule has 0 spiro atoms. The molecule has 0 atom stereocenters. The average molecular weight is 603 g/mol. The number of amides is 1. The summed E-state index contributed by atoms with van der Waals surface area (Å²) in [6, 6.07) is 22.7. The van der Waals surface area contributed by atoms with Crippen LogP contribution in [0.25, 0.3) is 10.8 Å². The molecular weight excluding hydrogens is 582 g/mol. The van der Waals surface area contributed by atoms with Gasteiger partial charge in [-0.3, -0.25) is 9.52 Å². The fourth-order valence-corrected chi connectivity index (χ4v) is 5.54. The largest absolute Gasteiger partial charge is 0.377 e. The number of carbonyl (C=O) groups excluding carboxylic acids is 1. The standard InChI is InChI=1S/C25H21Br2N3O3S/c1-30(2)23-7-3-6-20-19(23)5-4-8-24(20)34(32,33)29-22-14-11-17(27)15-21(22)25(31)28-18-12-9-16(26)10-13-18/h3-15,29H,1-2H3,(H,28,31). The zero-order valence-corrected chi connectivity index (χ0v) is 22.3. The minimum absolute atomic E-state index is 0.135. The highest BCUT2D eigenvalue weighted by Gasteiger charge is 2.22. The molecule has 0 fully saturated rings. The normalized spacial score (nSPS) is 11.3. The Labute approximate surface area is 215 Å². The van der Waals surface area contributed by atoms with Crippen molar-refractivity contribution in [1.82, 2.24) is 0 Å². The third-order valence-corrected chi connectivity index (χ3v) is 7.65. The van der Waals surface area contributed by atoms with Gasteiger partial charge in [0, 0.05) is 45.2 Å². The molecule has 0 aliphatic heterocycles. The second-order valence-electron chi connectivity index (χ2n) is 7.78. The van der Waals surface area contributed by atoms with Crippen molar-refractivity contribution in [3.8, 4) is 0 Å². The number of halogens is 2. The maximum atomic E-state index is 13.5. The summed E-state index contributed by atoms with van der Waals surface area (Å²) in [7, 11) is -0.182. The van der Waals surface area contributed by atoms with Crippen molar-refractivity contribution in [1.29, 1.82) is 0 Å². The lowest BCUT2D eigenvalue weighted by Gasteiger charge is -2.18. The quantitative estimate of drug-likeness (QED) is 0.265.